The van der Waals surface area contributed by atoms with Gasteiger partial charge in [-0.2, -0.15) is 0 Å². The van der Waals surface area contributed by atoms with E-state index < -0.39 is 11.7 Å². The summed E-state index contributed by atoms with van der Waals surface area (Å²) >= 11 is 3.16. The Morgan fingerprint density at radius 3 is 1.94 bits per heavy atom. The first-order valence-electron chi connectivity index (χ1n) is 10.8. The summed E-state index contributed by atoms with van der Waals surface area (Å²) in [4.78, 5) is 13.4. The number of carbonyl (C=O) groups is 1. The number of carbonyl (C=O) groups excluding carboxylic acids is 1. The van der Waals surface area contributed by atoms with Crippen LogP contribution in [0, 0.1) is 0 Å². The molecule has 0 bridgehead atoms. The number of thiophene rings is 2. The van der Waals surface area contributed by atoms with Crippen molar-refractivity contribution in [2.75, 3.05) is 26.3 Å². The molecular weight excluding hydrogens is 528 g/mol. The summed E-state index contributed by atoms with van der Waals surface area (Å²) in [5.74, 6) is 2.27. The maximum Gasteiger partial charge on any atom is 0.407 e. The van der Waals surface area contributed by atoms with E-state index in [0.29, 0.717) is 37.2 Å². The molecule has 0 aliphatic carbocycles. The second-order valence-corrected chi connectivity index (χ2v) is 9.82. The molecule has 0 saturated carbocycles. The molecule has 4 aromatic heterocycles. The van der Waals surface area contributed by atoms with Crippen molar-refractivity contribution < 1.29 is 28.1 Å². The minimum atomic E-state index is -0.507. The number of amides is 1. The highest BCUT2D eigenvalue weighted by Gasteiger charge is 2.15. The fourth-order valence-electron chi connectivity index (χ4n) is 2.51. The molecule has 4 rings (SSSR count). The summed E-state index contributed by atoms with van der Waals surface area (Å²) in [7, 11) is 0. The molecule has 10 nitrogen and oxygen atoms in total. The zero-order valence-electron chi connectivity index (χ0n) is 20.1. The van der Waals surface area contributed by atoms with Gasteiger partial charge in [-0.1, -0.05) is 12.1 Å². The number of rotatable bonds is 9. The van der Waals surface area contributed by atoms with Crippen LogP contribution in [0.2, 0.25) is 0 Å². The third kappa shape index (κ3) is 9.90. The van der Waals surface area contributed by atoms with Crippen LogP contribution in [0.15, 0.2) is 56.2 Å². The molecule has 0 aliphatic heterocycles. The molecule has 36 heavy (non-hydrogen) atoms. The normalized spacial score (nSPS) is 10.6. The molecule has 1 amide bonds. The first kappa shape index (κ1) is 29.2. The Bertz CT molecular complexity index is 1140. The van der Waals surface area contributed by atoms with E-state index in [9.17, 15) is 4.79 Å². The van der Waals surface area contributed by atoms with Crippen LogP contribution in [0.4, 0.5) is 4.79 Å². The van der Waals surface area contributed by atoms with Crippen LogP contribution < -0.4 is 20.5 Å². The van der Waals surface area contributed by atoms with Crippen molar-refractivity contribution in [3.8, 4) is 33.0 Å². The lowest BCUT2D eigenvalue weighted by atomic mass is 10.2. The van der Waals surface area contributed by atoms with Crippen molar-refractivity contribution >= 4 is 41.2 Å². The summed E-state index contributed by atoms with van der Waals surface area (Å²) in [6.07, 6.45) is -0.467. The second-order valence-electron chi connectivity index (χ2n) is 7.93. The van der Waals surface area contributed by atoms with E-state index in [1.54, 1.807) is 34.8 Å². The van der Waals surface area contributed by atoms with Gasteiger partial charge in [0.05, 0.1) is 28.4 Å². The van der Waals surface area contributed by atoms with E-state index >= 15 is 0 Å². The number of nitrogens with two attached hydrogens (primary N) is 1. The maximum atomic E-state index is 11.4. The summed E-state index contributed by atoms with van der Waals surface area (Å²) in [6.45, 7) is 6.98. The topological polar surface area (TPSA) is 135 Å². The van der Waals surface area contributed by atoms with Crippen LogP contribution in [-0.4, -0.2) is 48.3 Å². The van der Waals surface area contributed by atoms with Crippen molar-refractivity contribution in [3.05, 3.63) is 47.2 Å². The Morgan fingerprint density at radius 1 is 0.972 bits per heavy atom. The Hall–Kier alpha value is -3.06. The number of alkyl carbamates (subject to hydrolysis) is 1. The van der Waals surface area contributed by atoms with E-state index in [1.165, 1.54) is 0 Å². The van der Waals surface area contributed by atoms with Gasteiger partial charge in [0.1, 0.15) is 18.8 Å². The van der Waals surface area contributed by atoms with E-state index in [0.717, 1.165) is 15.5 Å². The Morgan fingerprint density at radius 2 is 1.50 bits per heavy atom. The van der Waals surface area contributed by atoms with Gasteiger partial charge in [0.2, 0.25) is 0 Å². The number of ether oxygens (including phenoxy) is 3. The summed E-state index contributed by atoms with van der Waals surface area (Å²) in [6, 6.07) is 11.3. The van der Waals surface area contributed by atoms with Gasteiger partial charge in [-0.25, -0.2) is 4.79 Å². The maximum absolute atomic E-state index is 11.4. The quantitative estimate of drug-likeness (QED) is 0.257. The van der Waals surface area contributed by atoms with Gasteiger partial charge in [0.15, 0.2) is 11.5 Å². The fourth-order valence-corrected chi connectivity index (χ4v) is 3.86. The SMILES string of the molecule is CC(C)(C)OC(=O)NCCOc1cc(-c2cccs2)on1.Cl.NCCOc1cc(-c2cccs2)on1. The predicted molar refractivity (Wildman–Crippen MR) is 141 cm³/mol. The zero-order valence-corrected chi connectivity index (χ0v) is 22.5. The van der Waals surface area contributed by atoms with Crippen molar-refractivity contribution in [1.29, 1.82) is 0 Å². The lowest BCUT2D eigenvalue weighted by Gasteiger charge is -2.19. The van der Waals surface area contributed by atoms with E-state index in [2.05, 4.69) is 15.6 Å². The molecule has 4 heterocycles. The number of hydrogen-bond donors (Lipinski definition) is 2. The number of nitrogens with one attached hydrogen (secondary N) is 1. The Kier molecular flexibility index (Phi) is 11.7. The lowest BCUT2D eigenvalue weighted by Crippen LogP contribution is -2.34. The Labute approximate surface area is 223 Å². The highest BCUT2D eigenvalue weighted by Crippen LogP contribution is 2.28. The molecule has 0 aromatic carbocycles. The molecule has 0 aliphatic rings. The van der Waals surface area contributed by atoms with Crippen molar-refractivity contribution in [3.63, 3.8) is 0 Å². The van der Waals surface area contributed by atoms with Crippen LogP contribution >= 0.6 is 35.1 Å². The highest BCUT2D eigenvalue weighted by molar-refractivity contribution is 7.13. The number of nitrogens with zero attached hydrogens (tertiary/aromatic N) is 2. The van der Waals surface area contributed by atoms with Crippen LogP contribution in [-0.2, 0) is 4.74 Å². The minimum Gasteiger partial charge on any atom is -0.474 e. The standard InChI is InChI=1S/C14H18N2O4S.C9H10N2O2S.ClH/c1-14(2,3)19-13(17)15-6-7-18-12-9-10(20-16-12)11-5-4-8-21-11;10-3-4-12-9-6-7(13-11-9)8-2-1-5-14-8;/h4-5,8-9H,6-7H2,1-3H3,(H,15,17);1-2,5-6H,3-4,10H2;1H. The lowest BCUT2D eigenvalue weighted by molar-refractivity contribution is 0.0519. The number of halogens is 1. The monoisotopic (exact) mass is 556 g/mol. The van der Waals surface area contributed by atoms with Crippen LogP contribution in [0.3, 0.4) is 0 Å². The van der Waals surface area contributed by atoms with Gasteiger partial charge < -0.3 is 34.3 Å². The van der Waals surface area contributed by atoms with E-state index in [-0.39, 0.29) is 19.0 Å². The molecule has 3 N–H and O–H groups in total. The molecule has 0 unspecified atom stereocenters. The third-order valence-electron chi connectivity index (χ3n) is 3.89. The average Bonchev–Trinajstić information content (AvgIpc) is 3.62. The van der Waals surface area contributed by atoms with E-state index in [1.807, 2.05) is 55.8 Å². The van der Waals surface area contributed by atoms with Crippen molar-refractivity contribution in [2.45, 2.75) is 26.4 Å². The average molecular weight is 557 g/mol. The second kappa shape index (κ2) is 14.5. The molecule has 196 valence electrons. The smallest absolute Gasteiger partial charge is 0.407 e. The number of aromatic nitrogens is 2. The first-order valence-corrected chi connectivity index (χ1v) is 12.5. The first-order chi connectivity index (χ1) is 16.8. The Balaban J connectivity index is 0.000000265. The van der Waals surface area contributed by atoms with Crippen LogP contribution in [0.5, 0.6) is 11.8 Å². The molecule has 0 radical (unpaired) electrons. The van der Waals surface area contributed by atoms with Crippen LogP contribution in [0.25, 0.3) is 21.3 Å². The van der Waals surface area contributed by atoms with Crippen molar-refractivity contribution in [1.82, 2.24) is 15.6 Å². The molecule has 0 fully saturated rings. The predicted octanol–water partition coefficient (Wildman–Crippen LogP) is 5.47. The van der Waals surface area contributed by atoms with E-state index in [4.69, 9.17) is 29.0 Å². The minimum absolute atomic E-state index is 0. The highest BCUT2D eigenvalue weighted by atomic mass is 35.5. The molecular formula is C23H29ClN4O6S2. The van der Waals surface area contributed by atoms with Gasteiger partial charge in [-0.3, -0.25) is 0 Å². The zero-order chi connectivity index (χ0) is 25.1. The van der Waals surface area contributed by atoms with Gasteiger partial charge >= 0.3 is 6.09 Å². The summed E-state index contributed by atoms with van der Waals surface area (Å²) in [5.41, 5.74) is 4.79. The molecule has 4 aromatic rings. The summed E-state index contributed by atoms with van der Waals surface area (Å²) in [5, 5.41) is 14.1. The fraction of sp³-hybridized carbons (Fsp3) is 0.348. The van der Waals surface area contributed by atoms with Gasteiger partial charge in [-0.15, -0.1) is 35.1 Å². The largest absolute Gasteiger partial charge is 0.474 e. The molecule has 0 saturated heterocycles. The third-order valence-corrected chi connectivity index (χ3v) is 5.66. The molecule has 0 atom stereocenters. The van der Waals surface area contributed by atoms with Gasteiger partial charge in [0, 0.05) is 6.54 Å². The van der Waals surface area contributed by atoms with Crippen molar-refractivity contribution in [2.24, 2.45) is 5.73 Å². The van der Waals surface area contributed by atoms with Gasteiger partial charge in [0.25, 0.3) is 11.8 Å². The molecule has 13 heteroatoms. The number of hydrogen-bond acceptors (Lipinski definition) is 11. The summed E-state index contributed by atoms with van der Waals surface area (Å²) < 4.78 is 26.0. The molecule has 0 spiro atoms. The van der Waals surface area contributed by atoms with Crippen LogP contribution in [0.1, 0.15) is 20.8 Å². The van der Waals surface area contributed by atoms with Gasteiger partial charge in [-0.05, 0) is 54.0 Å².